The lowest BCUT2D eigenvalue weighted by atomic mass is 10.1. The van der Waals surface area contributed by atoms with Gasteiger partial charge in [0.2, 0.25) is 5.91 Å². The molecule has 0 aliphatic rings. The van der Waals surface area contributed by atoms with Crippen LogP contribution < -0.4 is 11.1 Å². The molecular weight excluding hydrogens is 286 g/mol. The van der Waals surface area contributed by atoms with E-state index in [1.165, 1.54) is 31.4 Å². The molecule has 1 aromatic carbocycles. The zero-order valence-electron chi connectivity index (χ0n) is 12.2. The zero-order valence-corrected chi connectivity index (χ0v) is 12.2. The SMILES string of the molecule is COC(=O)c1cccc(C(=O)N[C@H](CCCC#N)C(N)=O)c1. The zero-order chi connectivity index (χ0) is 16.5. The standard InChI is InChI=1S/C15H17N3O4/c1-22-15(21)11-6-4-5-10(9-11)14(20)18-12(13(17)19)7-2-3-8-16/h4-6,9,12H,2-3,7H2,1H3,(H2,17,19)(H,18,20)/t12-/m1/s1. The Kier molecular flexibility index (Phi) is 6.57. The predicted octanol–water partition coefficient (Wildman–Crippen LogP) is 0.751. The van der Waals surface area contributed by atoms with Gasteiger partial charge in [0, 0.05) is 12.0 Å². The number of nitrogens with zero attached hydrogens (tertiary/aromatic N) is 1. The topological polar surface area (TPSA) is 122 Å². The number of primary amides is 1. The maximum absolute atomic E-state index is 12.1. The highest BCUT2D eigenvalue weighted by Crippen LogP contribution is 2.08. The Morgan fingerprint density at radius 2 is 2.05 bits per heavy atom. The average Bonchev–Trinajstić information content (AvgIpc) is 2.53. The summed E-state index contributed by atoms with van der Waals surface area (Å²) in [7, 11) is 1.24. The van der Waals surface area contributed by atoms with Crippen LogP contribution in [0.25, 0.3) is 0 Å². The van der Waals surface area contributed by atoms with Crippen LogP contribution in [-0.2, 0) is 9.53 Å². The summed E-state index contributed by atoms with van der Waals surface area (Å²) >= 11 is 0. The van der Waals surface area contributed by atoms with Gasteiger partial charge in [-0.1, -0.05) is 6.07 Å². The lowest BCUT2D eigenvalue weighted by molar-refractivity contribution is -0.120. The Morgan fingerprint density at radius 1 is 1.36 bits per heavy atom. The van der Waals surface area contributed by atoms with Crippen LogP contribution in [0.3, 0.4) is 0 Å². The number of amides is 2. The van der Waals surface area contributed by atoms with E-state index >= 15 is 0 Å². The maximum atomic E-state index is 12.1. The van der Waals surface area contributed by atoms with Crippen LogP contribution in [-0.4, -0.2) is 30.9 Å². The largest absolute Gasteiger partial charge is 0.465 e. The van der Waals surface area contributed by atoms with Gasteiger partial charge in [-0.2, -0.15) is 5.26 Å². The first-order valence-electron chi connectivity index (χ1n) is 6.65. The van der Waals surface area contributed by atoms with Gasteiger partial charge in [0.15, 0.2) is 0 Å². The van der Waals surface area contributed by atoms with Gasteiger partial charge >= 0.3 is 5.97 Å². The van der Waals surface area contributed by atoms with E-state index < -0.39 is 23.8 Å². The molecular formula is C15H17N3O4. The number of nitriles is 1. The molecule has 22 heavy (non-hydrogen) atoms. The van der Waals surface area contributed by atoms with Crippen LogP contribution in [0.5, 0.6) is 0 Å². The minimum atomic E-state index is -0.859. The molecule has 0 bridgehead atoms. The second kappa shape index (κ2) is 8.42. The molecule has 1 atom stereocenters. The number of carbonyl (C=O) groups is 3. The number of benzene rings is 1. The van der Waals surface area contributed by atoms with Gasteiger partial charge in [0.25, 0.3) is 5.91 Å². The van der Waals surface area contributed by atoms with Crippen LogP contribution in [0.1, 0.15) is 40.0 Å². The molecule has 3 N–H and O–H groups in total. The van der Waals surface area contributed by atoms with Crippen molar-refractivity contribution in [3.63, 3.8) is 0 Å². The number of hydrogen-bond acceptors (Lipinski definition) is 5. The Balaban J connectivity index is 2.79. The molecule has 0 heterocycles. The molecule has 0 unspecified atom stereocenters. The summed E-state index contributed by atoms with van der Waals surface area (Å²) in [6.45, 7) is 0. The minimum Gasteiger partial charge on any atom is -0.465 e. The average molecular weight is 303 g/mol. The summed E-state index contributed by atoms with van der Waals surface area (Å²) in [6, 6.07) is 7.03. The van der Waals surface area contributed by atoms with Crippen LogP contribution in [0, 0.1) is 11.3 Å². The molecule has 116 valence electrons. The molecule has 7 nitrogen and oxygen atoms in total. The van der Waals surface area contributed by atoms with E-state index in [2.05, 4.69) is 10.1 Å². The fourth-order valence-corrected chi connectivity index (χ4v) is 1.82. The van der Waals surface area contributed by atoms with Gasteiger partial charge in [-0.05, 0) is 31.0 Å². The molecule has 7 heteroatoms. The summed E-state index contributed by atoms with van der Waals surface area (Å²) in [6.07, 6.45) is 1.01. The molecule has 0 fully saturated rings. The van der Waals surface area contributed by atoms with Gasteiger partial charge in [0.05, 0.1) is 18.7 Å². The van der Waals surface area contributed by atoms with Crippen molar-refractivity contribution in [1.82, 2.24) is 5.32 Å². The highest BCUT2D eigenvalue weighted by atomic mass is 16.5. The predicted molar refractivity (Wildman–Crippen MR) is 77.7 cm³/mol. The van der Waals surface area contributed by atoms with Crippen LogP contribution in [0.4, 0.5) is 0 Å². The molecule has 1 rings (SSSR count). The summed E-state index contributed by atoms with van der Waals surface area (Å²) < 4.78 is 4.58. The van der Waals surface area contributed by atoms with Crippen LogP contribution in [0.2, 0.25) is 0 Å². The third-order valence-corrected chi connectivity index (χ3v) is 2.98. The second-order valence-corrected chi connectivity index (χ2v) is 4.55. The first-order valence-corrected chi connectivity index (χ1v) is 6.65. The van der Waals surface area contributed by atoms with Crippen molar-refractivity contribution in [3.05, 3.63) is 35.4 Å². The van der Waals surface area contributed by atoms with E-state index in [1.54, 1.807) is 0 Å². The van der Waals surface area contributed by atoms with Gasteiger partial charge in [-0.25, -0.2) is 4.79 Å². The van der Waals surface area contributed by atoms with Crippen molar-refractivity contribution in [2.24, 2.45) is 5.73 Å². The van der Waals surface area contributed by atoms with Gasteiger partial charge in [-0.15, -0.1) is 0 Å². The fraction of sp³-hybridized carbons (Fsp3) is 0.333. The number of methoxy groups -OCH3 is 1. The normalized spacial score (nSPS) is 11.1. The number of nitrogens with two attached hydrogens (primary N) is 1. The monoisotopic (exact) mass is 303 g/mol. The summed E-state index contributed by atoms with van der Waals surface area (Å²) in [5.41, 5.74) is 5.68. The summed E-state index contributed by atoms with van der Waals surface area (Å²) in [5.74, 6) is -1.75. The van der Waals surface area contributed by atoms with Crippen LogP contribution >= 0.6 is 0 Å². The Morgan fingerprint density at radius 3 is 2.64 bits per heavy atom. The number of rotatable bonds is 7. The van der Waals surface area contributed by atoms with Gasteiger partial charge in [0.1, 0.15) is 6.04 Å². The first kappa shape index (κ1) is 17.2. The van der Waals surface area contributed by atoms with E-state index in [4.69, 9.17) is 11.0 Å². The Bertz CT molecular complexity index is 607. The molecule has 0 saturated heterocycles. The summed E-state index contributed by atoms with van der Waals surface area (Å²) in [4.78, 5) is 34.9. The number of ether oxygens (including phenoxy) is 1. The van der Waals surface area contributed by atoms with Crippen LogP contribution in [0.15, 0.2) is 24.3 Å². The minimum absolute atomic E-state index is 0.217. The van der Waals surface area contributed by atoms with E-state index in [-0.39, 0.29) is 24.0 Å². The molecule has 0 aliphatic heterocycles. The van der Waals surface area contributed by atoms with Crippen molar-refractivity contribution in [1.29, 1.82) is 5.26 Å². The van der Waals surface area contributed by atoms with Crippen molar-refractivity contribution in [2.75, 3.05) is 7.11 Å². The second-order valence-electron chi connectivity index (χ2n) is 4.55. The number of unbranched alkanes of at least 4 members (excludes halogenated alkanes) is 1. The number of esters is 1. The molecule has 0 spiro atoms. The van der Waals surface area contributed by atoms with Crippen molar-refractivity contribution < 1.29 is 19.1 Å². The number of hydrogen-bond donors (Lipinski definition) is 2. The van der Waals surface area contributed by atoms with Crippen molar-refractivity contribution in [2.45, 2.75) is 25.3 Å². The lowest BCUT2D eigenvalue weighted by Gasteiger charge is -2.15. The molecule has 2 amide bonds. The summed E-state index contributed by atoms with van der Waals surface area (Å²) in [5, 5.41) is 11.0. The number of nitrogens with one attached hydrogen (secondary N) is 1. The maximum Gasteiger partial charge on any atom is 0.337 e. The lowest BCUT2D eigenvalue weighted by Crippen LogP contribution is -2.44. The molecule has 0 radical (unpaired) electrons. The smallest absolute Gasteiger partial charge is 0.337 e. The Hall–Kier alpha value is -2.88. The van der Waals surface area contributed by atoms with Gasteiger partial charge in [-0.3, -0.25) is 9.59 Å². The fourth-order valence-electron chi connectivity index (χ4n) is 1.82. The molecule has 0 saturated carbocycles. The van der Waals surface area contributed by atoms with E-state index in [9.17, 15) is 14.4 Å². The molecule has 0 aromatic heterocycles. The first-order chi connectivity index (χ1) is 10.5. The molecule has 1 aromatic rings. The Labute approximate surface area is 128 Å². The third kappa shape index (κ3) is 4.90. The molecule has 0 aliphatic carbocycles. The number of carbonyl (C=O) groups excluding carboxylic acids is 3. The van der Waals surface area contributed by atoms with Gasteiger partial charge < -0.3 is 15.8 Å². The van der Waals surface area contributed by atoms with E-state index in [0.29, 0.717) is 6.42 Å². The van der Waals surface area contributed by atoms with E-state index in [1.807, 2.05) is 6.07 Å². The highest BCUT2D eigenvalue weighted by Gasteiger charge is 2.19. The third-order valence-electron chi connectivity index (χ3n) is 2.98. The highest BCUT2D eigenvalue weighted by molar-refractivity contribution is 5.99. The van der Waals surface area contributed by atoms with Crippen molar-refractivity contribution in [3.8, 4) is 6.07 Å². The van der Waals surface area contributed by atoms with Crippen molar-refractivity contribution >= 4 is 17.8 Å². The van der Waals surface area contributed by atoms with E-state index in [0.717, 1.165) is 0 Å². The quantitative estimate of drug-likeness (QED) is 0.568.